The molecule has 0 aliphatic rings. The summed E-state index contributed by atoms with van der Waals surface area (Å²) in [7, 11) is 1.58. The topological polar surface area (TPSA) is 73.2 Å². The van der Waals surface area contributed by atoms with E-state index in [0.29, 0.717) is 22.2 Å². The molecular formula is C22H22ClN3O3. The Labute approximate surface area is 174 Å². The van der Waals surface area contributed by atoms with Gasteiger partial charge in [-0.25, -0.2) is 4.68 Å². The van der Waals surface area contributed by atoms with Gasteiger partial charge in [0, 0.05) is 17.3 Å². The molecule has 1 atom stereocenters. The summed E-state index contributed by atoms with van der Waals surface area (Å²) in [5, 5.41) is 7.59. The molecule has 1 N–H and O–H groups in total. The van der Waals surface area contributed by atoms with E-state index in [9.17, 15) is 9.59 Å². The van der Waals surface area contributed by atoms with Crippen molar-refractivity contribution in [3.8, 4) is 11.4 Å². The van der Waals surface area contributed by atoms with E-state index in [1.807, 2.05) is 38.1 Å². The maximum atomic E-state index is 12.9. The lowest BCUT2D eigenvalue weighted by molar-refractivity contribution is 0.0931. The molecule has 0 unspecified atom stereocenters. The zero-order valence-corrected chi connectivity index (χ0v) is 17.4. The molecule has 0 spiro atoms. The number of halogens is 1. The Morgan fingerprint density at radius 2 is 1.90 bits per heavy atom. The Morgan fingerprint density at radius 1 is 1.17 bits per heavy atom. The number of hydrogen-bond acceptors (Lipinski definition) is 4. The van der Waals surface area contributed by atoms with Crippen LogP contribution in [0.1, 0.15) is 40.3 Å². The predicted molar refractivity (Wildman–Crippen MR) is 113 cm³/mol. The van der Waals surface area contributed by atoms with Crippen LogP contribution in [-0.4, -0.2) is 22.8 Å². The lowest BCUT2D eigenvalue weighted by Crippen LogP contribution is -2.33. The fraction of sp³-hybridized carbons (Fsp3) is 0.227. The third-order valence-electron chi connectivity index (χ3n) is 4.60. The Balaban J connectivity index is 1.96. The lowest BCUT2D eigenvalue weighted by Gasteiger charge is -2.18. The Hall–Kier alpha value is -3.12. The van der Waals surface area contributed by atoms with Crippen LogP contribution in [0.2, 0.25) is 5.02 Å². The van der Waals surface area contributed by atoms with Crippen molar-refractivity contribution >= 4 is 17.5 Å². The molecule has 29 heavy (non-hydrogen) atoms. The van der Waals surface area contributed by atoms with Crippen molar-refractivity contribution in [3.05, 3.63) is 86.3 Å². The van der Waals surface area contributed by atoms with Crippen LogP contribution < -0.4 is 15.5 Å². The zero-order valence-electron chi connectivity index (χ0n) is 16.7. The third-order valence-corrected chi connectivity index (χ3v) is 4.92. The highest BCUT2D eigenvalue weighted by Gasteiger charge is 2.20. The van der Waals surface area contributed by atoms with Gasteiger partial charge in [0.25, 0.3) is 5.91 Å². The highest BCUT2D eigenvalue weighted by molar-refractivity contribution is 6.32. The maximum absolute atomic E-state index is 12.9. The van der Waals surface area contributed by atoms with Crippen molar-refractivity contribution < 1.29 is 9.53 Å². The van der Waals surface area contributed by atoms with Crippen LogP contribution in [0.5, 0.6) is 5.75 Å². The molecule has 0 saturated carbocycles. The van der Waals surface area contributed by atoms with Gasteiger partial charge in [0.1, 0.15) is 5.75 Å². The van der Waals surface area contributed by atoms with Crippen LogP contribution in [0.25, 0.3) is 5.69 Å². The maximum Gasteiger partial charge on any atom is 0.276 e. The van der Waals surface area contributed by atoms with Crippen LogP contribution >= 0.6 is 11.6 Å². The number of hydrogen-bond donors (Lipinski definition) is 1. The van der Waals surface area contributed by atoms with Gasteiger partial charge in [0.15, 0.2) is 5.69 Å². The number of rotatable bonds is 5. The Bertz CT molecular complexity index is 1120. The molecule has 3 rings (SSSR count). The number of para-hydroxylation sites is 1. The number of nitrogens with one attached hydrogen (secondary N) is 1. The molecule has 0 saturated heterocycles. The van der Waals surface area contributed by atoms with Gasteiger partial charge in [-0.15, -0.1) is 0 Å². The van der Waals surface area contributed by atoms with Gasteiger partial charge in [-0.05, 0) is 39.0 Å². The molecule has 0 radical (unpaired) electrons. The van der Waals surface area contributed by atoms with E-state index in [4.69, 9.17) is 16.3 Å². The minimum absolute atomic E-state index is 0.200. The first kappa shape index (κ1) is 20.6. The van der Waals surface area contributed by atoms with Gasteiger partial charge in [-0.3, -0.25) is 9.59 Å². The van der Waals surface area contributed by atoms with Crippen LogP contribution in [0, 0.1) is 13.8 Å². The van der Waals surface area contributed by atoms with Crippen molar-refractivity contribution in [1.82, 2.24) is 15.1 Å². The molecular weight excluding hydrogens is 390 g/mol. The molecule has 7 heteroatoms. The van der Waals surface area contributed by atoms with E-state index in [2.05, 4.69) is 10.4 Å². The fourth-order valence-corrected chi connectivity index (χ4v) is 3.32. The largest absolute Gasteiger partial charge is 0.496 e. The zero-order chi connectivity index (χ0) is 21.1. The summed E-state index contributed by atoms with van der Waals surface area (Å²) >= 11 is 6.26. The molecule has 0 aliphatic carbocycles. The van der Waals surface area contributed by atoms with Crippen molar-refractivity contribution in [1.29, 1.82) is 0 Å². The third kappa shape index (κ3) is 4.32. The summed E-state index contributed by atoms with van der Waals surface area (Å²) in [6.45, 7) is 5.52. The van der Waals surface area contributed by atoms with E-state index in [-0.39, 0.29) is 11.7 Å². The Kier molecular flexibility index (Phi) is 6.03. The number of benzene rings is 2. The lowest BCUT2D eigenvalue weighted by atomic mass is 10.0. The van der Waals surface area contributed by atoms with Crippen LogP contribution in [0.3, 0.4) is 0 Å². The summed E-state index contributed by atoms with van der Waals surface area (Å²) in [6.07, 6.45) is 0. The number of nitrogens with zero attached hydrogens (tertiary/aromatic N) is 2. The van der Waals surface area contributed by atoms with Crippen molar-refractivity contribution in [2.24, 2.45) is 0 Å². The standard InChI is InChI=1S/C22H22ClN3O3/c1-13-9-10-20(29-4)16(11-13)15(3)24-22(28)21-19(27)12-14(2)26(25-21)18-8-6-5-7-17(18)23/h5-12,15H,1-4H3,(H,24,28)/t15-/m1/s1. The second-order valence-electron chi connectivity index (χ2n) is 6.80. The van der Waals surface area contributed by atoms with Crippen LogP contribution in [-0.2, 0) is 0 Å². The fourth-order valence-electron chi connectivity index (χ4n) is 3.11. The minimum atomic E-state index is -0.563. The minimum Gasteiger partial charge on any atom is -0.496 e. The van der Waals surface area contributed by atoms with E-state index in [0.717, 1.165) is 11.1 Å². The second kappa shape index (κ2) is 8.49. The average molecular weight is 412 g/mol. The first-order chi connectivity index (χ1) is 13.8. The molecule has 2 aromatic carbocycles. The highest BCUT2D eigenvalue weighted by atomic mass is 35.5. The van der Waals surface area contributed by atoms with E-state index < -0.39 is 11.3 Å². The molecule has 1 amide bonds. The highest BCUT2D eigenvalue weighted by Crippen LogP contribution is 2.26. The summed E-state index contributed by atoms with van der Waals surface area (Å²) in [6, 6.07) is 13.8. The number of methoxy groups -OCH3 is 1. The SMILES string of the molecule is COc1ccc(C)cc1[C@@H](C)NC(=O)c1nn(-c2ccccc2Cl)c(C)cc1=O. The number of carbonyl (C=O) groups excluding carboxylic acids is 1. The van der Waals surface area contributed by atoms with Crippen LogP contribution in [0.4, 0.5) is 0 Å². The summed E-state index contributed by atoms with van der Waals surface area (Å²) in [4.78, 5) is 25.3. The molecule has 6 nitrogen and oxygen atoms in total. The van der Waals surface area contributed by atoms with E-state index in [1.165, 1.54) is 10.7 Å². The summed E-state index contributed by atoms with van der Waals surface area (Å²) < 4.78 is 6.89. The molecule has 1 heterocycles. The van der Waals surface area contributed by atoms with Crippen LogP contribution in [0.15, 0.2) is 53.3 Å². The Morgan fingerprint density at radius 3 is 2.59 bits per heavy atom. The first-order valence-corrected chi connectivity index (χ1v) is 9.51. The average Bonchev–Trinajstić information content (AvgIpc) is 2.68. The molecule has 0 fully saturated rings. The van der Waals surface area contributed by atoms with Gasteiger partial charge in [-0.2, -0.15) is 5.10 Å². The molecule has 3 aromatic rings. The van der Waals surface area contributed by atoms with Gasteiger partial charge in [-0.1, -0.05) is 41.4 Å². The van der Waals surface area contributed by atoms with Crippen molar-refractivity contribution in [2.75, 3.05) is 7.11 Å². The monoisotopic (exact) mass is 411 g/mol. The number of carbonyl (C=O) groups is 1. The normalized spacial score (nSPS) is 11.8. The quantitative estimate of drug-likeness (QED) is 0.688. The summed E-state index contributed by atoms with van der Waals surface area (Å²) in [5.41, 5.74) is 2.37. The van der Waals surface area contributed by atoms with Gasteiger partial charge in [0.05, 0.1) is 23.9 Å². The number of aryl methyl sites for hydroxylation is 2. The van der Waals surface area contributed by atoms with E-state index in [1.54, 1.807) is 32.2 Å². The van der Waals surface area contributed by atoms with Gasteiger partial charge in [0.2, 0.25) is 5.43 Å². The van der Waals surface area contributed by atoms with Crippen molar-refractivity contribution in [3.63, 3.8) is 0 Å². The van der Waals surface area contributed by atoms with E-state index >= 15 is 0 Å². The predicted octanol–water partition coefficient (Wildman–Crippen LogP) is 4.00. The number of aromatic nitrogens is 2. The first-order valence-electron chi connectivity index (χ1n) is 9.13. The smallest absolute Gasteiger partial charge is 0.276 e. The summed E-state index contributed by atoms with van der Waals surface area (Å²) in [5.74, 6) is 0.0978. The second-order valence-corrected chi connectivity index (χ2v) is 7.21. The van der Waals surface area contributed by atoms with Gasteiger partial charge < -0.3 is 10.1 Å². The number of ether oxygens (including phenoxy) is 1. The molecule has 0 aliphatic heterocycles. The number of amides is 1. The molecule has 1 aromatic heterocycles. The molecule has 0 bridgehead atoms. The molecule has 150 valence electrons. The van der Waals surface area contributed by atoms with Gasteiger partial charge >= 0.3 is 0 Å². The van der Waals surface area contributed by atoms with Crippen molar-refractivity contribution in [2.45, 2.75) is 26.8 Å².